The number of carbonyl (C=O) groups is 2. The van der Waals surface area contributed by atoms with Crippen LogP contribution in [0, 0.1) is 0 Å². The molecule has 3 nitrogen and oxygen atoms in total. The number of aldehydes is 1. The van der Waals surface area contributed by atoms with E-state index in [9.17, 15) is 9.59 Å². The molecule has 0 fully saturated rings. The summed E-state index contributed by atoms with van der Waals surface area (Å²) >= 11 is 0. The lowest BCUT2D eigenvalue weighted by atomic mass is 10.2. The summed E-state index contributed by atoms with van der Waals surface area (Å²) in [5, 5.41) is 0. The Morgan fingerprint density at radius 1 is 1.73 bits per heavy atom. The van der Waals surface area contributed by atoms with E-state index in [1.54, 1.807) is 18.4 Å². The highest BCUT2D eigenvalue weighted by atomic mass is 16.2. The molecule has 11 heavy (non-hydrogen) atoms. The van der Waals surface area contributed by atoms with Crippen LogP contribution < -0.4 is 0 Å². The fraction of sp³-hybridized carbons (Fsp3) is 0.250. The minimum Gasteiger partial charge on any atom is -0.315 e. The fourth-order valence-electron chi connectivity index (χ4n) is 0.830. The van der Waals surface area contributed by atoms with Gasteiger partial charge in [-0.25, -0.2) is 0 Å². The van der Waals surface area contributed by atoms with Gasteiger partial charge < -0.3 is 4.90 Å². The molecule has 0 radical (unpaired) electrons. The molecule has 58 valence electrons. The second-order valence-electron chi connectivity index (χ2n) is 2.31. The van der Waals surface area contributed by atoms with E-state index >= 15 is 0 Å². The topological polar surface area (TPSA) is 37.4 Å². The number of amides is 1. The van der Waals surface area contributed by atoms with Gasteiger partial charge in [-0.1, -0.05) is 6.08 Å². The molecule has 0 saturated heterocycles. The van der Waals surface area contributed by atoms with Gasteiger partial charge in [0.05, 0.1) is 0 Å². The molecular weight excluding hydrogens is 142 g/mol. The Morgan fingerprint density at radius 3 is 2.82 bits per heavy atom. The van der Waals surface area contributed by atoms with Crippen molar-refractivity contribution in [2.75, 3.05) is 6.54 Å². The number of rotatable bonds is 1. The molecule has 0 spiro atoms. The van der Waals surface area contributed by atoms with Crippen LogP contribution in [0.15, 0.2) is 23.9 Å². The molecule has 1 aliphatic heterocycles. The Morgan fingerprint density at radius 2 is 2.45 bits per heavy atom. The van der Waals surface area contributed by atoms with Gasteiger partial charge in [0.2, 0.25) is 5.91 Å². The average Bonchev–Trinajstić information content (AvgIpc) is 2.05. The predicted molar refractivity (Wildman–Crippen MR) is 40.7 cm³/mol. The predicted octanol–water partition coefficient (Wildman–Crippen LogP) is 0.488. The molecule has 0 aromatic carbocycles. The number of nitrogens with zero attached hydrogens (tertiary/aromatic N) is 1. The zero-order chi connectivity index (χ0) is 8.27. The van der Waals surface area contributed by atoms with Crippen molar-refractivity contribution in [3.05, 3.63) is 23.9 Å². The van der Waals surface area contributed by atoms with E-state index in [-0.39, 0.29) is 5.91 Å². The van der Waals surface area contributed by atoms with Gasteiger partial charge in [-0.05, 0) is 6.08 Å². The number of carbonyl (C=O) groups excluding carboxylic acids is 2. The first kappa shape index (κ1) is 7.72. The zero-order valence-electron chi connectivity index (χ0n) is 6.28. The summed E-state index contributed by atoms with van der Waals surface area (Å²) < 4.78 is 0. The van der Waals surface area contributed by atoms with Crippen LogP contribution in [-0.2, 0) is 9.59 Å². The third-order valence-corrected chi connectivity index (χ3v) is 1.51. The summed E-state index contributed by atoms with van der Waals surface area (Å²) in [6.07, 6.45) is 5.73. The van der Waals surface area contributed by atoms with Gasteiger partial charge in [-0.3, -0.25) is 9.59 Å². The second kappa shape index (κ2) is 3.14. The molecule has 0 bridgehead atoms. The van der Waals surface area contributed by atoms with Gasteiger partial charge in [0.1, 0.15) is 6.29 Å². The molecule has 0 atom stereocenters. The van der Waals surface area contributed by atoms with Gasteiger partial charge in [0.15, 0.2) is 0 Å². The third-order valence-electron chi connectivity index (χ3n) is 1.51. The van der Waals surface area contributed by atoms with Crippen molar-refractivity contribution in [3.63, 3.8) is 0 Å². The lowest BCUT2D eigenvalue weighted by Crippen LogP contribution is -2.24. The van der Waals surface area contributed by atoms with E-state index in [1.807, 2.05) is 0 Å². The SMILES string of the molecule is CC(=O)N1C=CC(C=O)=CC1. The minimum atomic E-state index is -0.0116. The standard InChI is InChI=1S/C8H9NO2/c1-7(11)9-4-2-8(6-10)3-5-9/h2-4,6H,5H2,1H3. The van der Waals surface area contributed by atoms with E-state index in [4.69, 9.17) is 0 Å². The summed E-state index contributed by atoms with van der Waals surface area (Å²) in [4.78, 5) is 22.5. The second-order valence-corrected chi connectivity index (χ2v) is 2.31. The summed E-state index contributed by atoms with van der Waals surface area (Å²) in [5.41, 5.74) is 0.627. The molecule has 0 aliphatic carbocycles. The first-order valence-corrected chi connectivity index (χ1v) is 3.35. The highest BCUT2D eigenvalue weighted by Gasteiger charge is 2.06. The van der Waals surface area contributed by atoms with E-state index in [0.717, 1.165) is 6.29 Å². The normalized spacial score (nSPS) is 16.1. The molecule has 1 amide bonds. The smallest absolute Gasteiger partial charge is 0.223 e. The van der Waals surface area contributed by atoms with Gasteiger partial charge in [-0.2, -0.15) is 0 Å². The van der Waals surface area contributed by atoms with E-state index in [1.165, 1.54) is 11.8 Å². The van der Waals surface area contributed by atoms with Gasteiger partial charge in [0, 0.05) is 25.2 Å². The maximum Gasteiger partial charge on any atom is 0.223 e. The van der Waals surface area contributed by atoms with Crippen LogP contribution in [0.25, 0.3) is 0 Å². The molecule has 3 heteroatoms. The Hall–Kier alpha value is -1.38. The Bertz CT molecular complexity index is 240. The Balaban J connectivity index is 2.64. The number of hydrogen-bond donors (Lipinski definition) is 0. The molecule has 0 aromatic rings. The van der Waals surface area contributed by atoms with Crippen LogP contribution in [-0.4, -0.2) is 23.6 Å². The molecule has 0 unspecified atom stereocenters. The molecule has 0 aromatic heterocycles. The molecule has 1 aliphatic rings. The van der Waals surface area contributed by atoms with Crippen LogP contribution in [0.2, 0.25) is 0 Å². The molecule has 0 saturated carbocycles. The van der Waals surface area contributed by atoms with Crippen molar-refractivity contribution in [1.29, 1.82) is 0 Å². The fourth-order valence-corrected chi connectivity index (χ4v) is 0.830. The summed E-state index contributed by atoms with van der Waals surface area (Å²) in [5.74, 6) is -0.0116. The molecule has 0 N–H and O–H groups in total. The maximum absolute atomic E-state index is 10.8. The summed E-state index contributed by atoms with van der Waals surface area (Å²) in [7, 11) is 0. The van der Waals surface area contributed by atoms with Crippen molar-refractivity contribution >= 4 is 12.2 Å². The zero-order valence-corrected chi connectivity index (χ0v) is 6.28. The van der Waals surface area contributed by atoms with Crippen molar-refractivity contribution in [1.82, 2.24) is 4.90 Å². The van der Waals surface area contributed by atoms with Gasteiger partial charge >= 0.3 is 0 Å². The first-order chi connectivity index (χ1) is 5.24. The van der Waals surface area contributed by atoms with E-state index in [2.05, 4.69) is 0 Å². The molecule has 1 rings (SSSR count). The number of allylic oxidation sites excluding steroid dienone is 2. The lowest BCUT2D eigenvalue weighted by molar-refractivity contribution is -0.126. The van der Waals surface area contributed by atoms with Crippen LogP contribution in [0.3, 0.4) is 0 Å². The highest BCUT2D eigenvalue weighted by Crippen LogP contribution is 2.04. The largest absolute Gasteiger partial charge is 0.315 e. The maximum atomic E-state index is 10.8. The monoisotopic (exact) mass is 151 g/mol. The van der Waals surface area contributed by atoms with Crippen molar-refractivity contribution in [2.45, 2.75) is 6.92 Å². The molecule has 1 heterocycles. The first-order valence-electron chi connectivity index (χ1n) is 3.35. The van der Waals surface area contributed by atoms with Crippen molar-refractivity contribution in [2.24, 2.45) is 0 Å². The van der Waals surface area contributed by atoms with E-state index in [0.29, 0.717) is 12.1 Å². The summed E-state index contributed by atoms with van der Waals surface area (Å²) in [6, 6.07) is 0. The van der Waals surface area contributed by atoms with Gasteiger partial charge in [-0.15, -0.1) is 0 Å². The van der Waals surface area contributed by atoms with Crippen molar-refractivity contribution in [3.8, 4) is 0 Å². The van der Waals surface area contributed by atoms with Crippen molar-refractivity contribution < 1.29 is 9.59 Å². The van der Waals surface area contributed by atoms with Crippen LogP contribution in [0.5, 0.6) is 0 Å². The number of hydrogen-bond acceptors (Lipinski definition) is 2. The lowest BCUT2D eigenvalue weighted by Gasteiger charge is -2.16. The van der Waals surface area contributed by atoms with Gasteiger partial charge in [0.25, 0.3) is 0 Å². The Kier molecular flexibility index (Phi) is 2.21. The average molecular weight is 151 g/mol. The van der Waals surface area contributed by atoms with Crippen LogP contribution in [0.1, 0.15) is 6.92 Å². The Labute approximate surface area is 65.0 Å². The third kappa shape index (κ3) is 1.77. The van der Waals surface area contributed by atoms with E-state index < -0.39 is 0 Å². The molecular formula is C8H9NO2. The van der Waals surface area contributed by atoms with Crippen LogP contribution in [0.4, 0.5) is 0 Å². The summed E-state index contributed by atoms with van der Waals surface area (Å²) in [6.45, 7) is 1.99. The van der Waals surface area contributed by atoms with Crippen LogP contribution >= 0.6 is 0 Å². The minimum absolute atomic E-state index is 0.0116. The quantitative estimate of drug-likeness (QED) is 0.511. The highest BCUT2D eigenvalue weighted by molar-refractivity contribution is 5.80.